The standard InChI is InChI=1S/C12H11N3O2/c16-8-13-15-12(17)14-11-7-3-5-9-4-1-2-6-10(9)11/h1-8H,(H,13,16)(H2,14,15,17). The molecule has 17 heavy (non-hydrogen) atoms. The predicted octanol–water partition coefficient (Wildman–Crippen LogP) is 1.62. The van der Waals surface area contributed by atoms with Crippen molar-refractivity contribution in [3.05, 3.63) is 42.5 Å². The number of benzene rings is 2. The molecule has 3 N–H and O–H groups in total. The maximum Gasteiger partial charge on any atom is 0.337 e. The molecular weight excluding hydrogens is 218 g/mol. The lowest BCUT2D eigenvalue weighted by Gasteiger charge is -2.08. The number of hydrogen-bond acceptors (Lipinski definition) is 2. The quantitative estimate of drug-likeness (QED) is 0.553. The summed E-state index contributed by atoms with van der Waals surface area (Å²) in [6, 6.07) is 12.8. The van der Waals surface area contributed by atoms with Crippen molar-refractivity contribution >= 4 is 28.9 Å². The highest BCUT2D eigenvalue weighted by molar-refractivity contribution is 6.01. The van der Waals surface area contributed by atoms with Gasteiger partial charge in [0.15, 0.2) is 0 Å². The zero-order chi connectivity index (χ0) is 12.1. The molecule has 2 aromatic rings. The summed E-state index contributed by atoms with van der Waals surface area (Å²) < 4.78 is 0. The van der Waals surface area contributed by atoms with Gasteiger partial charge in [-0.05, 0) is 11.5 Å². The topological polar surface area (TPSA) is 70.2 Å². The van der Waals surface area contributed by atoms with Gasteiger partial charge in [-0.3, -0.25) is 10.2 Å². The van der Waals surface area contributed by atoms with Gasteiger partial charge in [-0.1, -0.05) is 36.4 Å². The molecule has 0 fully saturated rings. The molecule has 2 rings (SSSR count). The number of carbonyl (C=O) groups is 2. The van der Waals surface area contributed by atoms with Gasteiger partial charge in [0, 0.05) is 5.39 Å². The van der Waals surface area contributed by atoms with Gasteiger partial charge < -0.3 is 5.32 Å². The monoisotopic (exact) mass is 229 g/mol. The Morgan fingerprint density at radius 2 is 1.82 bits per heavy atom. The van der Waals surface area contributed by atoms with E-state index in [1.54, 1.807) is 6.07 Å². The van der Waals surface area contributed by atoms with Crippen LogP contribution in [0.25, 0.3) is 10.8 Å². The molecule has 0 heterocycles. The first-order valence-corrected chi connectivity index (χ1v) is 5.05. The van der Waals surface area contributed by atoms with Gasteiger partial charge in [0.1, 0.15) is 0 Å². The number of hydrogen-bond donors (Lipinski definition) is 3. The van der Waals surface area contributed by atoms with Gasteiger partial charge in [-0.25, -0.2) is 10.2 Å². The summed E-state index contributed by atoms with van der Waals surface area (Å²) in [6.07, 6.45) is 0.392. The van der Waals surface area contributed by atoms with E-state index in [1.165, 1.54) is 0 Å². The molecule has 0 bridgehead atoms. The van der Waals surface area contributed by atoms with E-state index < -0.39 is 6.03 Å². The normalized spacial score (nSPS) is 9.65. The van der Waals surface area contributed by atoms with Crippen LogP contribution in [0.15, 0.2) is 42.5 Å². The molecule has 0 aliphatic carbocycles. The molecule has 0 atom stereocenters. The Morgan fingerprint density at radius 1 is 1.06 bits per heavy atom. The second-order valence-corrected chi connectivity index (χ2v) is 3.37. The Bertz CT molecular complexity index is 549. The summed E-state index contributed by atoms with van der Waals surface area (Å²) in [5.74, 6) is 0. The van der Waals surface area contributed by atoms with Crippen molar-refractivity contribution in [2.24, 2.45) is 0 Å². The minimum absolute atomic E-state index is 0.392. The van der Waals surface area contributed by atoms with E-state index in [9.17, 15) is 9.59 Å². The predicted molar refractivity (Wildman–Crippen MR) is 65.3 cm³/mol. The van der Waals surface area contributed by atoms with Gasteiger partial charge in [0.2, 0.25) is 6.41 Å². The average molecular weight is 229 g/mol. The zero-order valence-corrected chi connectivity index (χ0v) is 8.94. The first kappa shape index (κ1) is 10.9. The van der Waals surface area contributed by atoms with Gasteiger partial charge >= 0.3 is 6.03 Å². The maximum absolute atomic E-state index is 11.4. The minimum atomic E-state index is -0.492. The van der Waals surface area contributed by atoms with Crippen LogP contribution < -0.4 is 16.2 Å². The Hall–Kier alpha value is -2.56. The maximum atomic E-state index is 11.4. The second-order valence-electron chi connectivity index (χ2n) is 3.37. The highest BCUT2D eigenvalue weighted by Crippen LogP contribution is 2.22. The fraction of sp³-hybridized carbons (Fsp3) is 0. The third-order valence-corrected chi connectivity index (χ3v) is 2.28. The molecule has 0 saturated carbocycles. The summed E-state index contributed by atoms with van der Waals surface area (Å²) in [5.41, 5.74) is 4.94. The van der Waals surface area contributed by atoms with Crippen molar-refractivity contribution < 1.29 is 9.59 Å². The lowest BCUT2D eigenvalue weighted by Crippen LogP contribution is -2.39. The number of fused-ring (bicyclic) bond motifs is 1. The summed E-state index contributed by atoms with van der Waals surface area (Å²) in [7, 11) is 0. The van der Waals surface area contributed by atoms with Crippen molar-refractivity contribution in [1.82, 2.24) is 10.9 Å². The van der Waals surface area contributed by atoms with Crippen LogP contribution in [0, 0.1) is 0 Å². The lowest BCUT2D eigenvalue weighted by molar-refractivity contribution is -0.110. The van der Waals surface area contributed by atoms with E-state index >= 15 is 0 Å². The molecule has 2 aromatic carbocycles. The van der Waals surface area contributed by atoms with Crippen LogP contribution in [-0.4, -0.2) is 12.4 Å². The van der Waals surface area contributed by atoms with Gasteiger partial charge in [-0.2, -0.15) is 0 Å². The first-order chi connectivity index (χ1) is 8.31. The fourth-order valence-electron chi connectivity index (χ4n) is 1.58. The molecule has 3 amide bonds. The van der Waals surface area contributed by atoms with E-state index in [1.807, 2.05) is 36.4 Å². The molecule has 0 aliphatic heterocycles. The van der Waals surface area contributed by atoms with Crippen molar-refractivity contribution in [1.29, 1.82) is 0 Å². The summed E-state index contributed by atoms with van der Waals surface area (Å²) in [6.45, 7) is 0. The van der Waals surface area contributed by atoms with Crippen molar-refractivity contribution in [3.8, 4) is 0 Å². The van der Waals surface area contributed by atoms with E-state index in [2.05, 4.69) is 16.2 Å². The number of carbonyl (C=O) groups excluding carboxylic acids is 2. The van der Waals surface area contributed by atoms with Crippen LogP contribution in [0.2, 0.25) is 0 Å². The Kier molecular flexibility index (Phi) is 3.20. The Labute approximate surface area is 97.8 Å². The average Bonchev–Trinajstić information content (AvgIpc) is 2.37. The minimum Gasteiger partial charge on any atom is -0.306 e. The molecule has 0 radical (unpaired) electrons. The van der Waals surface area contributed by atoms with Gasteiger partial charge in [-0.15, -0.1) is 0 Å². The van der Waals surface area contributed by atoms with E-state index in [0.717, 1.165) is 10.8 Å². The Balaban J connectivity index is 2.23. The number of nitrogens with one attached hydrogen (secondary N) is 3. The number of rotatable bonds is 3. The van der Waals surface area contributed by atoms with Gasteiger partial charge in [0.25, 0.3) is 0 Å². The van der Waals surface area contributed by atoms with Crippen LogP contribution in [0.5, 0.6) is 0 Å². The van der Waals surface area contributed by atoms with Crippen molar-refractivity contribution in [2.75, 3.05) is 5.32 Å². The third-order valence-electron chi connectivity index (χ3n) is 2.28. The molecular formula is C12H11N3O2. The number of anilines is 1. The largest absolute Gasteiger partial charge is 0.337 e. The summed E-state index contributed by atoms with van der Waals surface area (Å²) in [5, 5.41) is 4.63. The van der Waals surface area contributed by atoms with Crippen LogP contribution >= 0.6 is 0 Å². The SMILES string of the molecule is O=CNNC(=O)Nc1cccc2ccccc12. The molecule has 0 aromatic heterocycles. The summed E-state index contributed by atoms with van der Waals surface area (Å²) in [4.78, 5) is 21.4. The smallest absolute Gasteiger partial charge is 0.306 e. The molecule has 5 heteroatoms. The third kappa shape index (κ3) is 2.52. The molecule has 0 unspecified atom stereocenters. The highest BCUT2D eigenvalue weighted by atomic mass is 16.2. The van der Waals surface area contributed by atoms with Crippen molar-refractivity contribution in [2.45, 2.75) is 0 Å². The van der Waals surface area contributed by atoms with Crippen LogP contribution in [0.4, 0.5) is 10.5 Å². The van der Waals surface area contributed by atoms with E-state index in [0.29, 0.717) is 12.1 Å². The van der Waals surface area contributed by atoms with E-state index in [-0.39, 0.29) is 0 Å². The number of hydrazine groups is 1. The van der Waals surface area contributed by atoms with Crippen LogP contribution in [0.1, 0.15) is 0 Å². The van der Waals surface area contributed by atoms with E-state index in [4.69, 9.17) is 0 Å². The molecule has 0 saturated heterocycles. The van der Waals surface area contributed by atoms with Gasteiger partial charge in [0.05, 0.1) is 5.69 Å². The molecule has 0 spiro atoms. The molecule has 5 nitrogen and oxygen atoms in total. The second kappa shape index (κ2) is 4.98. The van der Waals surface area contributed by atoms with Crippen molar-refractivity contribution in [3.63, 3.8) is 0 Å². The number of urea groups is 1. The molecule has 86 valence electrons. The fourth-order valence-corrected chi connectivity index (χ4v) is 1.58. The number of amides is 3. The van der Waals surface area contributed by atoms with Crippen LogP contribution in [-0.2, 0) is 4.79 Å². The summed E-state index contributed by atoms with van der Waals surface area (Å²) >= 11 is 0. The highest BCUT2D eigenvalue weighted by Gasteiger charge is 2.03. The Morgan fingerprint density at radius 3 is 2.65 bits per heavy atom. The van der Waals surface area contributed by atoms with Crippen LogP contribution in [0.3, 0.4) is 0 Å². The zero-order valence-electron chi connectivity index (χ0n) is 8.94. The first-order valence-electron chi connectivity index (χ1n) is 5.05. The molecule has 0 aliphatic rings. The lowest BCUT2D eigenvalue weighted by atomic mass is 10.1.